The topological polar surface area (TPSA) is 35.5 Å². The summed E-state index contributed by atoms with van der Waals surface area (Å²) in [6, 6.07) is 7.39. The van der Waals surface area contributed by atoms with Gasteiger partial charge in [-0.15, -0.1) is 0 Å². The van der Waals surface area contributed by atoms with E-state index >= 15 is 0 Å². The SMILES string of the molecule is CC1(C)OB(c2ccc(C(=O)CBr)cc2)OC1(C)C. The second-order valence-corrected chi connectivity index (χ2v) is 6.33. The van der Waals surface area contributed by atoms with Crippen LogP contribution in [-0.2, 0) is 9.31 Å². The zero-order valence-corrected chi connectivity index (χ0v) is 13.3. The largest absolute Gasteiger partial charge is 0.494 e. The van der Waals surface area contributed by atoms with Crippen molar-refractivity contribution in [3.8, 4) is 0 Å². The molecule has 5 heteroatoms. The molecule has 0 bridgehead atoms. The third-order valence-electron chi connectivity index (χ3n) is 3.88. The Morgan fingerprint density at radius 1 is 1.11 bits per heavy atom. The molecule has 0 aromatic heterocycles. The predicted molar refractivity (Wildman–Crippen MR) is 80.3 cm³/mol. The van der Waals surface area contributed by atoms with Gasteiger partial charge >= 0.3 is 7.12 Å². The van der Waals surface area contributed by atoms with Gasteiger partial charge in [0.2, 0.25) is 0 Å². The molecular weight excluding hydrogens is 307 g/mol. The number of Topliss-reactive ketones (excluding diaryl/α,β-unsaturated/α-hetero) is 1. The Bertz CT molecular complexity index is 466. The molecule has 0 aliphatic carbocycles. The van der Waals surface area contributed by atoms with Crippen molar-refractivity contribution in [1.29, 1.82) is 0 Å². The molecule has 19 heavy (non-hydrogen) atoms. The molecular formula is C14H18BBrO3. The standard InChI is InChI=1S/C14H18BBrO3/c1-13(2)14(3,4)19-15(18-13)11-7-5-10(6-8-11)12(17)9-16/h5-8H,9H2,1-4H3. The highest BCUT2D eigenvalue weighted by atomic mass is 79.9. The Labute approximate surface area is 122 Å². The van der Waals surface area contributed by atoms with Gasteiger partial charge in [0.05, 0.1) is 16.5 Å². The van der Waals surface area contributed by atoms with Crippen LogP contribution in [0.1, 0.15) is 38.1 Å². The lowest BCUT2D eigenvalue weighted by atomic mass is 9.79. The van der Waals surface area contributed by atoms with E-state index in [0.717, 1.165) is 5.46 Å². The quantitative estimate of drug-likeness (QED) is 0.487. The fourth-order valence-corrected chi connectivity index (χ4v) is 2.21. The lowest BCUT2D eigenvalue weighted by Crippen LogP contribution is -2.41. The molecule has 0 saturated carbocycles. The molecule has 1 saturated heterocycles. The zero-order valence-electron chi connectivity index (χ0n) is 11.7. The number of carbonyl (C=O) groups is 1. The zero-order chi connectivity index (χ0) is 14.3. The number of halogens is 1. The van der Waals surface area contributed by atoms with Crippen molar-refractivity contribution in [2.75, 3.05) is 5.33 Å². The molecule has 2 rings (SSSR count). The van der Waals surface area contributed by atoms with Gasteiger partial charge in [-0.1, -0.05) is 40.2 Å². The number of hydrogen-bond acceptors (Lipinski definition) is 3. The van der Waals surface area contributed by atoms with E-state index in [1.807, 2.05) is 52.0 Å². The van der Waals surface area contributed by atoms with E-state index in [2.05, 4.69) is 15.9 Å². The predicted octanol–water partition coefficient (Wildman–Crippen LogP) is 2.56. The van der Waals surface area contributed by atoms with Crippen LogP contribution in [0.15, 0.2) is 24.3 Å². The lowest BCUT2D eigenvalue weighted by Gasteiger charge is -2.32. The Kier molecular flexibility index (Phi) is 3.91. The molecule has 1 aliphatic rings. The van der Waals surface area contributed by atoms with Gasteiger partial charge in [-0.25, -0.2) is 0 Å². The fraction of sp³-hybridized carbons (Fsp3) is 0.500. The molecule has 1 aromatic rings. The first-order valence-corrected chi connectivity index (χ1v) is 7.44. The Hall–Kier alpha value is -0.645. The summed E-state index contributed by atoms with van der Waals surface area (Å²) < 4.78 is 11.9. The van der Waals surface area contributed by atoms with Crippen molar-refractivity contribution in [2.45, 2.75) is 38.9 Å². The molecule has 0 spiro atoms. The Morgan fingerprint density at radius 3 is 2.00 bits per heavy atom. The summed E-state index contributed by atoms with van der Waals surface area (Å²) in [5.74, 6) is 0.0699. The van der Waals surface area contributed by atoms with Crippen LogP contribution in [0, 0.1) is 0 Å². The van der Waals surface area contributed by atoms with Crippen molar-refractivity contribution in [3.63, 3.8) is 0 Å². The summed E-state index contributed by atoms with van der Waals surface area (Å²) in [5, 5.41) is 0.336. The molecule has 1 aromatic carbocycles. The van der Waals surface area contributed by atoms with Gasteiger partial charge < -0.3 is 9.31 Å². The molecule has 3 nitrogen and oxygen atoms in total. The number of alkyl halides is 1. The average molecular weight is 325 g/mol. The first kappa shape index (κ1) is 14.8. The van der Waals surface area contributed by atoms with Crippen LogP contribution in [0.4, 0.5) is 0 Å². The smallest absolute Gasteiger partial charge is 0.399 e. The highest BCUT2D eigenvalue weighted by molar-refractivity contribution is 9.09. The summed E-state index contributed by atoms with van der Waals surface area (Å²) in [4.78, 5) is 11.5. The molecule has 102 valence electrons. The van der Waals surface area contributed by atoms with Gasteiger partial charge in [0.15, 0.2) is 5.78 Å². The van der Waals surface area contributed by atoms with Crippen LogP contribution in [0.3, 0.4) is 0 Å². The molecule has 0 amide bonds. The highest BCUT2D eigenvalue weighted by Crippen LogP contribution is 2.36. The van der Waals surface area contributed by atoms with Crippen molar-refractivity contribution >= 4 is 34.3 Å². The third-order valence-corrected chi connectivity index (χ3v) is 4.39. The van der Waals surface area contributed by atoms with E-state index in [-0.39, 0.29) is 24.1 Å². The average Bonchev–Trinajstić information content (AvgIpc) is 2.58. The minimum absolute atomic E-state index is 0.0699. The van der Waals surface area contributed by atoms with Crippen LogP contribution < -0.4 is 5.46 Å². The van der Waals surface area contributed by atoms with E-state index in [0.29, 0.717) is 10.9 Å². The molecule has 0 N–H and O–H groups in total. The van der Waals surface area contributed by atoms with Gasteiger partial charge in [-0.2, -0.15) is 0 Å². The van der Waals surface area contributed by atoms with E-state index in [9.17, 15) is 4.79 Å². The number of benzene rings is 1. The van der Waals surface area contributed by atoms with Gasteiger partial charge in [0, 0.05) is 5.56 Å². The van der Waals surface area contributed by atoms with E-state index in [1.165, 1.54) is 0 Å². The third kappa shape index (κ3) is 2.78. The van der Waals surface area contributed by atoms with Crippen LogP contribution in [0.2, 0.25) is 0 Å². The summed E-state index contributed by atoms with van der Waals surface area (Å²) in [5.41, 5.74) is 0.936. The summed E-state index contributed by atoms with van der Waals surface area (Å²) in [6.07, 6.45) is 0. The monoisotopic (exact) mass is 324 g/mol. The van der Waals surface area contributed by atoms with Crippen molar-refractivity contribution in [3.05, 3.63) is 29.8 Å². The highest BCUT2D eigenvalue weighted by Gasteiger charge is 2.51. The van der Waals surface area contributed by atoms with Crippen molar-refractivity contribution < 1.29 is 14.1 Å². The van der Waals surface area contributed by atoms with Gasteiger partial charge in [0.25, 0.3) is 0 Å². The van der Waals surface area contributed by atoms with Crippen molar-refractivity contribution in [1.82, 2.24) is 0 Å². The van der Waals surface area contributed by atoms with Gasteiger partial charge in [-0.05, 0) is 33.2 Å². The maximum absolute atomic E-state index is 11.5. The van der Waals surface area contributed by atoms with E-state index in [4.69, 9.17) is 9.31 Å². The number of ketones is 1. The van der Waals surface area contributed by atoms with Crippen LogP contribution in [0.25, 0.3) is 0 Å². The molecule has 1 aliphatic heterocycles. The van der Waals surface area contributed by atoms with Gasteiger partial charge in [-0.3, -0.25) is 4.79 Å². The number of rotatable bonds is 3. The van der Waals surface area contributed by atoms with Crippen LogP contribution in [0.5, 0.6) is 0 Å². The Morgan fingerprint density at radius 2 is 1.58 bits per heavy atom. The lowest BCUT2D eigenvalue weighted by molar-refractivity contribution is 0.00578. The molecule has 1 fully saturated rings. The van der Waals surface area contributed by atoms with Crippen molar-refractivity contribution in [2.24, 2.45) is 0 Å². The maximum Gasteiger partial charge on any atom is 0.494 e. The van der Waals surface area contributed by atoms with Crippen LogP contribution in [-0.4, -0.2) is 29.4 Å². The number of carbonyl (C=O) groups excluding carboxylic acids is 1. The minimum atomic E-state index is -0.377. The number of hydrogen-bond donors (Lipinski definition) is 0. The molecule has 0 atom stereocenters. The molecule has 0 unspecified atom stereocenters. The summed E-state index contributed by atoms with van der Waals surface area (Å²) in [7, 11) is -0.377. The van der Waals surface area contributed by atoms with Gasteiger partial charge in [0.1, 0.15) is 0 Å². The summed E-state index contributed by atoms with van der Waals surface area (Å²) >= 11 is 3.17. The molecule has 1 heterocycles. The normalized spacial score (nSPS) is 20.6. The maximum atomic E-state index is 11.5. The second kappa shape index (κ2) is 5.04. The first-order chi connectivity index (χ1) is 8.77. The first-order valence-electron chi connectivity index (χ1n) is 6.31. The molecule has 0 radical (unpaired) electrons. The minimum Gasteiger partial charge on any atom is -0.399 e. The fourth-order valence-electron chi connectivity index (χ4n) is 1.88. The Balaban J connectivity index is 2.19. The van der Waals surface area contributed by atoms with E-state index in [1.54, 1.807) is 0 Å². The summed E-state index contributed by atoms with van der Waals surface area (Å²) in [6.45, 7) is 8.09. The second-order valence-electron chi connectivity index (χ2n) is 5.77. The van der Waals surface area contributed by atoms with E-state index < -0.39 is 0 Å². The van der Waals surface area contributed by atoms with Crippen LogP contribution >= 0.6 is 15.9 Å².